The molecule has 3 amide bonds. The molecule has 5 atom stereocenters. The summed E-state index contributed by atoms with van der Waals surface area (Å²) in [5, 5.41) is 35.8. The molecule has 2 aromatic carbocycles. The van der Waals surface area contributed by atoms with Crippen LogP contribution in [-0.2, 0) is 20.9 Å². The zero-order valence-corrected chi connectivity index (χ0v) is 44.4. The number of phenols is 1. The van der Waals surface area contributed by atoms with Crippen molar-refractivity contribution in [2.24, 2.45) is 22.7 Å². The van der Waals surface area contributed by atoms with Crippen molar-refractivity contribution in [3.8, 4) is 27.4 Å². The Kier molecular flexibility index (Phi) is 14.4. The number of rotatable bonds is 13. The first kappa shape index (κ1) is 51.3. The number of aromatic nitrogens is 5. The summed E-state index contributed by atoms with van der Waals surface area (Å²) in [5.41, 5.74) is 13.9. The molecule has 5 fully saturated rings. The molecule has 2 saturated carbocycles. The number of hydrogen-bond acceptors (Lipinski definition) is 15. The number of β-amino-alcohol motifs (C(OH)–C–C–N with tert-alkyl or cyclic N) is 1. The fourth-order valence-corrected chi connectivity index (χ4v) is 13.5. The molecule has 392 valence electrons. The van der Waals surface area contributed by atoms with Gasteiger partial charge in [0, 0.05) is 75.1 Å². The minimum absolute atomic E-state index is 0.0451. The highest BCUT2D eigenvalue weighted by Crippen LogP contribution is 2.61. The molecule has 18 heteroatoms. The summed E-state index contributed by atoms with van der Waals surface area (Å²) in [6.45, 7) is 17.0. The number of thiazole rings is 1. The number of aryl methyl sites for hydroxylation is 1. The number of nitrogens with one attached hydrogen (secondary N) is 2. The Morgan fingerprint density at radius 2 is 1.59 bits per heavy atom. The van der Waals surface area contributed by atoms with Crippen LogP contribution >= 0.6 is 11.3 Å². The van der Waals surface area contributed by atoms with Gasteiger partial charge < -0.3 is 46.2 Å². The number of aliphatic hydroxyl groups is 1. The fourth-order valence-electron chi connectivity index (χ4n) is 12.7. The number of carbonyl (C=O) groups excluding carboxylic acids is 3. The zero-order chi connectivity index (χ0) is 52.1. The second-order valence-corrected chi connectivity index (χ2v) is 24.0. The molecule has 2 aliphatic carbocycles. The third-order valence-corrected chi connectivity index (χ3v) is 17.5. The van der Waals surface area contributed by atoms with Crippen LogP contribution in [0.2, 0.25) is 0 Å². The summed E-state index contributed by atoms with van der Waals surface area (Å²) in [7, 11) is 0. The molecule has 6 heterocycles. The van der Waals surface area contributed by atoms with Crippen LogP contribution in [0.15, 0.2) is 72.5 Å². The van der Waals surface area contributed by atoms with E-state index in [4.69, 9.17) is 15.7 Å². The highest BCUT2D eigenvalue weighted by molar-refractivity contribution is 7.13. The number of nitrogen functional groups attached to an aromatic ring is 1. The van der Waals surface area contributed by atoms with Crippen LogP contribution in [0, 0.1) is 29.6 Å². The van der Waals surface area contributed by atoms with Gasteiger partial charge in [-0.2, -0.15) is 0 Å². The molecule has 2 unspecified atom stereocenters. The molecule has 5 aliphatic rings. The number of anilines is 3. The summed E-state index contributed by atoms with van der Waals surface area (Å²) >= 11 is 1.59. The van der Waals surface area contributed by atoms with Crippen LogP contribution in [0.25, 0.3) is 21.7 Å². The Bertz CT molecular complexity index is 2800. The van der Waals surface area contributed by atoms with Crippen LogP contribution in [-0.4, -0.2) is 132 Å². The lowest BCUT2D eigenvalue weighted by atomic mass is 9.48. The van der Waals surface area contributed by atoms with E-state index in [0.717, 1.165) is 91.5 Å². The Labute approximate surface area is 438 Å². The largest absolute Gasteiger partial charge is 0.507 e. The van der Waals surface area contributed by atoms with E-state index in [-0.39, 0.29) is 59.9 Å². The lowest BCUT2D eigenvalue weighted by Crippen LogP contribution is -2.60. The molecule has 3 saturated heterocycles. The van der Waals surface area contributed by atoms with Gasteiger partial charge in [-0.3, -0.25) is 14.4 Å². The van der Waals surface area contributed by atoms with Gasteiger partial charge in [0.25, 0.3) is 0 Å². The van der Waals surface area contributed by atoms with Gasteiger partial charge in [0.15, 0.2) is 5.82 Å². The molecule has 6 N–H and O–H groups in total. The molecule has 5 aromatic rings. The minimum atomic E-state index is -0.837. The van der Waals surface area contributed by atoms with E-state index in [1.54, 1.807) is 23.5 Å². The van der Waals surface area contributed by atoms with Gasteiger partial charge in [-0.1, -0.05) is 57.2 Å². The van der Waals surface area contributed by atoms with Gasteiger partial charge in [0.1, 0.15) is 17.8 Å². The average molecular weight is 1030 g/mol. The van der Waals surface area contributed by atoms with Crippen molar-refractivity contribution in [1.82, 2.24) is 45.6 Å². The van der Waals surface area contributed by atoms with Crippen LogP contribution < -0.4 is 26.2 Å². The van der Waals surface area contributed by atoms with Gasteiger partial charge in [0.2, 0.25) is 23.7 Å². The van der Waals surface area contributed by atoms with Crippen molar-refractivity contribution < 1.29 is 24.6 Å². The molecule has 3 aliphatic heterocycles. The van der Waals surface area contributed by atoms with Gasteiger partial charge >= 0.3 is 0 Å². The van der Waals surface area contributed by atoms with E-state index in [1.165, 1.54) is 10.5 Å². The van der Waals surface area contributed by atoms with E-state index in [2.05, 4.69) is 54.4 Å². The number of para-hydroxylation sites is 1. The predicted octanol–water partition coefficient (Wildman–Crippen LogP) is 6.55. The van der Waals surface area contributed by atoms with Crippen molar-refractivity contribution >= 4 is 46.5 Å². The molecular weight excluding hydrogens is 953 g/mol. The normalized spacial score (nSPS) is 25.9. The Morgan fingerprint density at radius 1 is 0.905 bits per heavy atom. The van der Waals surface area contributed by atoms with Crippen molar-refractivity contribution in [3.63, 3.8) is 0 Å². The molecule has 17 nitrogen and oxygen atoms in total. The monoisotopic (exact) mass is 1020 g/mol. The highest BCUT2D eigenvalue weighted by atomic mass is 32.1. The molecule has 1 spiro atoms. The quantitative estimate of drug-likeness (QED) is 0.0845. The summed E-state index contributed by atoms with van der Waals surface area (Å²) in [5.74, 6) is 1.39. The number of phenolic OH excluding ortho intramolecular Hbond substituents is 1. The fraction of sp³-hybridized carbons (Fsp3) is 0.536. The molecule has 10 rings (SSSR count). The van der Waals surface area contributed by atoms with E-state index in [0.29, 0.717) is 48.5 Å². The molecular formula is C56H72N12O5S. The van der Waals surface area contributed by atoms with Crippen molar-refractivity contribution in [3.05, 3.63) is 89.3 Å². The number of piperazine rings is 1. The standard InChI is InChI=1S/C56H72N12O5S/c1-33-28-66(45-20-44(63-64-50(45)57)43-9-7-8-10-47(43)70)29-34(2)68(33)54-59-26-41(27-60-54)38-15-17-65(18-16-38)30-37-21-56(22-37)23-40(24-56)51(71)62-49(55(4,5)6)53(73)67-31-42(69)19-46(67)52(72)58-25-36-11-13-39(14-12-36)48-35(3)61-32-74-48/h7-14,20,26-27,32-34,37-38,40,42,46,49,69-70H,15-19,21-25,28-31H2,1-6H3,(H2,57,64)(H,58,72)(H,62,71)/t33?,34?,37-,40-,42-,46+,49-,56?/m1/s1. The van der Waals surface area contributed by atoms with Gasteiger partial charge in [-0.15, -0.1) is 21.5 Å². The maximum Gasteiger partial charge on any atom is 0.246 e. The molecule has 74 heavy (non-hydrogen) atoms. The van der Waals surface area contributed by atoms with Crippen molar-refractivity contribution in [2.75, 3.05) is 54.8 Å². The topological polar surface area (TPSA) is 219 Å². The molecule has 0 radical (unpaired) electrons. The number of carbonyl (C=O) groups is 3. The summed E-state index contributed by atoms with van der Waals surface area (Å²) in [4.78, 5) is 65.6. The number of piperidine rings is 1. The predicted molar refractivity (Wildman–Crippen MR) is 287 cm³/mol. The first-order valence-corrected chi connectivity index (χ1v) is 27.3. The Balaban J connectivity index is 0.658. The van der Waals surface area contributed by atoms with E-state index in [9.17, 15) is 24.6 Å². The Morgan fingerprint density at radius 3 is 2.24 bits per heavy atom. The average Bonchev–Trinajstić information content (AvgIpc) is 3.98. The number of likely N-dealkylation sites (tertiary alicyclic amines) is 2. The van der Waals surface area contributed by atoms with Crippen molar-refractivity contribution in [1.29, 1.82) is 0 Å². The van der Waals surface area contributed by atoms with E-state index < -0.39 is 23.6 Å². The molecule has 0 bridgehead atoms. The van der Waals surface area contributed by atoms with Crippen LogP contribution in [0.1, 0.15) is 102 Å². The molecule has 3 aromatic heterocycles. The number of nitrogens with zero attached hydrogens (tertiary/aromatic N) is 9. The first-order chi connectivity index (χ1) is 35.4. The SMILES string of the molecule is Cc1ncsc1-c1ccc(CNC(=O)[C@@H]2C[C@@H](O)CN2C(=O)[C@@H](NC(=O)[C@H]2CC3(C[C@H](CN4CCC(c5cnc(N6C(C)CN(c7cc(-c8ccccc8O)nnc7N)CC6C)nc5)CC4)C3)C2)C(C)(C)C)cc1. The third-order valence-electron chi connectivity index (χ3n) is 16.6. The number of nitrogens with two attached hydrogens (primary N) is 1. The van der Waals surface area contributed by atoms with Gasteiger partial charge in [-0.05, 0) is 130 Å². The number of benzene rings is 2. The first-order valence-electron chi connectivity index (χ1n) is 26.5. The zero-order valence-electron chi connectivity index (χ0n) is 43.6. The minimum Gasteiger partial charge on any atom is -0.507 e. The highest BCUT2D eigenvalue weighted by Gasteiger charge is 2.55. The second kappa shape index (κ2) is 20.8. The Hall–Kier alpha value is -6.24. The van der Waals surface area contributed by atoms with E-state index in [1.807, 2.05) is 88.1 Å². The van der Waals surface area contributed by atoms with Crippen LogP contribution in [0.4, 0.5) is 17.5 Å². The van der Waals surface area contributed by atoms with Crippen molar-refractivity contribution in [2.45, 2.75) is 129 Å². The third kappa shape index (κ3) is 10.7. The summed E-state index contributed by atoms with van der Waals surface area (Å²) in [6, 6.07) is 15.5. The van der Waals surface area contributed by atoms with E-state index >= 15 is 0 Å². The van der Waals surface area contributed by atoms with Crippen LogP contribution in [0.5, 0.6) is 5.75 Å². The lowest BCUT2D eigenvalue weighted by molar-refractivity contribution is -0.149. The number of amides is 3. The summed E-state index contributed by atoms with van der Waals surface area (Å²) < 4.78 is 0. The maximum absolute atomic E-state index is 14.3. The maximum atomic E-state index is 14.3. The van der Waals surface area contributed by atoms with Crippen LogP contribution in [0.3, 0.4) is 0 Å². The number of hydrogen-bond donors (Lipinski definition) is 5. The lowest BCUT2D eigenvalue weighted by Gasteiger charge is -2.58. The van der Waals surface area contributed by atoms with Gasteiger partial charge in [-0.25, -0.2) is 15.0 Å². The second-order valence-electron chi connectivity index (χ2n) is 23.2. The number of aromatic hydroxyl groups is 1. The smallest absolute Gasteiger partial charge is 0.246 e. The summed E-state index contributed by atoms with van der Waals surface area (Å²) in [6.07, 6.45) is 9.43. The number of aliphatic hydroxyl groups excluding tert-OH is 1. The van der Waals surface area contributed by atoms with Gasteiger partial charge in [0.05, 0.1) is 33.6 Å².